The van der Waals surface area contributed by atoms with Gasteiger partial charge in [0.15, 0.2) is 0 Å². The molecule has 2 rings (SSSR count). The number of benzene rings is 1. The zero-order chi connectivity index (χ0) is 15.2. The second-order valence-electron chi connectivity index (χ2n) is 5.28. The molecule has 114 valence electrons. The Morgan fingerprint density at radius 2 is 1.67 bits per heavy atom. The van der Waals surface area contributed by atoms with Crippen LogP contribution in [0.5, 0.6) is 0 Å². The van der Waals surface area contributed by atoms with Gasteiger partial charge < -0.3 is 9.80 Å². The van der Waals surface area contributed by atoms with Crippen LogP contribution in [0.1, 0.15) is 36.5 Å². The minimum absolute atomic E-state index is 0.0974. The molecule has 0 spiro atoms. The van der Waals surface area contributed by atoms with Crippen molar-refractivity contribution in [3.8, 4) is 0 Å². The Kier molecular flexibility index (Phi) is 5.31. The number of hydrogen-bond donors (Lipinski definition) is 0. The van der Waals surface area contributed by atoms with E-state index in [1.807, 2.05) is 11.8 Å². The molecule has 0 aliphatic carbocycles. The van der Waals surface area contributed by atoms with E-state index >= 15 is 0 Å². The molecule has 1 aliphatic heterocycles. The van der Waals surface area contributed by atoms with Crippen molar-refractivity contribution in [2.24, 2.45) is 0 Å². The van der Waals surface area contributed by atoms with Gasteiger partial charge in [0.25, 0.3) is 5.91 Å². The SMILES string of the molecule is CCCC(=O)N1CCCN(C(=O)c2ccc(F)cc2)CC1. The number of hydrogen-bond acceptors (Lipinski definition) is 2. The van der Waals surface area contributed by atoms with Gasteiger partial charge in [-0.25, -0.2) is 4.39 Å². The molecule has 21 heavy (non-hydrogen) atoms. The predicted octanol–water partition coefficient (Wildman–Crippen LogP) is 2.30. The van der Waals surface area contributed by atoms with Crippen LogP contribution in [-0.4, -0.2) is 47.8 Å². The van der Waals surface area contributed by atoms with Gasteiger partial charge in [-0.1, -0.05) is 6.92 Å². The molecule has 1 saturated heterocycles. The minimum atomic E-state index is -0.348. The van der Waals surface area contributed by atoms with Crippen molar-refractivity contribution in [2.75, 3.05) is 26.2 Å². The summed E-state index contributed by atoms with van der Waals surface area (Å²) >= 11 is 0. The van der Waals surface area contributed by atoms with E-state index in [1.54, 1.807) is 4.90 Å². The van der Waals surface area contributed by atoms with E-state index in [0.717, 1.165) is 12.8 Å². The molecule has 1 aliphatic rings. The lowest BCUT2D eigenvalue weighted by molar-refractivity contribution is -0.131. The van der Waals surface area contributed by atoms with Crippen molar-refractivity contribution < 1.29 is 14.0 Å². The first-order chi connectivity index (χ1) is 10.1. The Morgan fingerprint density at radius 1 is 1.05 bits per heavy atom. The predicted molar refractivity (Wildman–Crippen MR) is 78.4 cm³/mol. The summed E-state index contributed by atoms with van der Waals surface area (Å²) in [6, 6.07) is 5.59. The van der Waals surface area contributed by atoms with Crippen LogP contribution in [0.2, 0.25) is 0 Å². The summed E-state index contributed by atoms with van der Waals surface area (Å²) in [5.41, 5.74) is 0.490. The Balaban J connectivity index is 1.97. The normalized spacial score (nSPS) is 15.7. The fourth-order valence-electron chi connectivity index (χ4n) is 2.52. The first-order valence-electron chi connectivity index (χ1n) is 7.44. The molecule has 4 nitrogen and oxygen atoms in total. The minimum Gasteiger partial charge on any atom is -0.341 e. The monoisotopic (exact) mass is 292 g/mol. The second kappa shape index (κ2) is 7.20. The number of carbonyl (C=O) groups is 2. The highest BCUT2D eigenvalue weighted by Gasteiger charge is 2.22. The summed E-state index contributed by atoms with van der Waals surface area (Å²) < 4.78 is 12.9. The zero-order valence-corrected chi connectivity index (χ0v) is 12.3. The van der Waals surface area contributed by atoms with Gasteiger partial charge in [-0.05, 0) is 37.1 Å². The van der Waals surface area contributed by atoms with Gasteiger partial charge >= 0.3 is 0 Å². The molecule has 0 N–H and O–H groups in total. The quantitative estimate of drug-likeness (QED) is 0.857. The summed E-state index contributed by atoms with van der Waals surface area (Å²) in [7, 11) is 0. The number of halogens is 1. The largest absolute Gasteiger partial charge is 0.341 e. The zero-order valence-electron chi connectivity index (χ0n) is 12.3. The van der Waals surface area contributed by atoms with E-state index in [-0.39, 0.29) is 17.6 Å². The van der Waals surface area contributed by atoms with Crippen LogP contribution in [-0.2, 0) is 4.79 Å². The van der Waals surface area contributed by atoms with Gasteiger partial charge in [0, 0.05) is 38.2 Å². The van der Waals surface area contributed by atoms with Crippen molar-refractivity contribution in [1.82, 2.24) is 9.80 Å². The van der Waals surface area contributed by atoms with Crippen molar-refractivity contribution in [1.29, 1.82) is 0 Å². The molecule has 0 bridgehead atoms. The van der Waals surface area contributed by atoms with Crippen molar-refractivity contribution in [2.45, 2.75) is 26.2 Å². The molecule has 0 radical (unpaired) electrons. The van der Waals surface area contributed by atoms with Gasteiger partial charge in [-0.3, -0.25) is 9.59 Å². The fraction of sp³-hybridized carbons (Fsp3) is 0.500. The van der Waals surface area contributed by atoms with Crippen LogP contribution < -0.4 is 0 Å². The Labute approximate surface area is 124 Å². The van der Waals surface area contributed by atoms with E-state index in [4.69, 9.17) is 0 Å². The van der Waals surface area contributed by atoms with Crippen molar-refractivity contribution >= 4 is 11.8 Å². The maximum absolute atomic E-state index is 12.9. The molecular formula is C16H21FN2O2. The lowest BCUT2D eigenvalue weighted by atomic mass is 10.2. The summed E-state index contributed by atoms with van der Waals surface area (Å²) in [6.07, 6.45) is 2.18. The van der Waals surface area contributed by atoms with Crippen LogP contribution in [0.25, 0.3) is 0 Å². The maximum atomic E-state index is 12.9. The van der Waals surface area contributed by atoms with Gasteiger partial charge in [0.05, 0.1) is 0 Å². The van der Waals surface area contributed by atoms with Gasteiger partial charge in [-0.2, -0.15) is 0 Å². The molecule has 1 aromatic rings. The molecule has 1 aromatic carbocycles. The lowest BCUT2D eigenvalue weighted by Crippen LogP contribution is -2.37. The summed E-state index contributed by atoms with van der Waals surface area (Å²) in [4.78, 5) is 27.9. The third kappa shape index (κ3) is 4.03. The third-order valence-corrected chi connectivity index (χ3v) is 3.69. The van der Waals surface area contributed by atoms with Crippen molar-refractivity contribution in [3.05, 3.63) is 35.6 Å². The molecule has 5 heteroatoms. The number of rotatable bonds is 3. The van der Waals surface area contributed by atoms with Gasteiger partial charge in [0.2, 0.25) is 5.91 Å². The van der Waals surface area contributed by atoms with Crippen LogP contribution in [0.3, 0.4) is 0 Å². The van der Waals surface area contributed by atoms with Gasteiger partial charge in [-0.15, -0.1) is 0 Å². The molecule has 1 fully saturated rings. The molecular weight excluding hydrogens is 271 g/mol. The van der Waals surface area contributed by atoms with E-state index in [0.29, 0.717) is 38.2 Å². The first-order valence-corrected chi connectivity index (χ1v) is 7.44. The summed E-state index contributed by atoms with van der Waals surface area (Å²) in [6.45, 7) is 4.43. The molecule has 0 aromatic heterocycles. The summed E-state index contributed by atoms with van der Waals surface area (Å²) in [5.74, 6) is -0.285. The molecule has 2 amide bonds. The van der Waals surface area contributed by atoms with Gasteiger partial charge in [0.1, 0.15) is 5.82 Å². The van der Waals surface area contributed by atoms with Crippen LogP contribution in [0.4, 0.5) is 4.39 Å². The molecule has 0 unspecified atom stereocenters. The van der Waals surface area contributed by atoms with Crippen LogP contribution in [0.15, 0.2) is 24.3 Å². The average molecular weight is 292 g/mol. The van der Waals surface area contributed by atoms with Crippen LogP contribution in [0, 0.1) is 5.82 Å². The van der Waals surface area contributed by atoms with E-state index < -0.39 is 0 Å². The highest BCUT2D eigenvalue weighted by atomic mass is 19.1. The second-order valence-corrected chi connectivity index (χ2v) is 5.28. The Morgan fingerprint density at radius 3 is 2.33 bits per heavy atom. The first kappa shape index (κ1) is 15.5. The fourth-order valence-corrected chi connectivity index (χ4v) is 2.52. The van der Waals surface area contributed by atoms with E-state index in [9.17, 15) is 14.0 Å². The van der Waals surface area contributed by atoms with Crippen molar-refractivity contribution in [3.63, 3.8) is 0 Å². The van der Waals surface area contributed by atoms with Crippen LogP contribution >= 0.6 is 0 Å². The average Bonchev–Trinajstić information content (AvgIpc) is 2.73. The topological polar surface area (TPSA) is 40.6 Å². The van der Waals surface area contributed by atoms with E-state index in [1.165, 1.54) is 24.3 Å². The van der Waals surface area contributed by atoms with E-state index in [2.05, 4.69) is 0 Å². The number of nitrogens with zero attached hydrogens (tertiary/aromatic N) is 2. The smallest absolute Gasteiger partial charge is 0.253 e. The molecule has 0 saturated carbocycles. The standard InChI is InChI=1S/C16H21FN2O2/c1-2-4-15(20)18-9-3-10-19(12-11-18)16(21)13-5-7-14(17)8-6-13/h5-8H,2-4,9-12H2,1H3. The highest BCUT2D eigenvalue weighted by Crippen LogP contribution is 2.11. The maximum Gasteiger partial charge on any atom is 0.253 e. The number of carbonyl (C=O) groups excluding carboxylic acids is 2. The molecule has 0 atom stereocenters. The lowest BCUT2D eigenvalue weighted by Gasteiger charge is -2.22. The Bertz CT molecular complexity index is 502. The summed E-state index contributed by atoms with van der Waals surface area (Å²) in [5, 5.41) is 0. The highest BCUT2D eigenvalue weighted by molar-refractivity contribution is 5.94. The Hall–Kier alpha value is -1.91. The number of amides is 2. The third-order valence-electron chi connectivity index (χ3n) is 3.69. The molecule has 1 heterocycles.